The lowest BCUT2D eigenvalue weighted by Gasteiger charge is -2.31. The molecule has 0 aromatic rings. The van der Waals surface area contributed by atoms with E-state index in [1.165, 1.54) is 25.7 Å². The molecule has 0 bridgehead atoms. The minimum absolute atomic E-state index is 0.0470. The molecule has 0 aromatic heterocycles. The van der Waals surface area contributed by atoms with Gasteiger partial charge in [-0.3, -0.25) is 9.59 Å². The van der Waals surface area contributed by atoms with Crippen LogP contribution in [0.5, 0.6) is 0 Å². The van der Waals surface area contributed by atoms with E-state index in [-0.39, 0.29) is 36.2 Å². The van der Waals surface area contributed by atoms with Gasteiger partial charge in [-0.1, -0.05) is 126 Å². The van der Waals surface area contributed by atoms with Gasteiger partial charge in [0.15, 0.2) is 12.1 Å². The smallest absolute Gasteiger partial charge is 0.362 e. The number of rotatable bonds is 37. The molecule has 8 nitrogen and oxygen atoms in total. The second-order valence-corrected chi connectivity index (χ2v) is 15.2. The number of allylic oxidation sites excluding steroid dienone is 10. The second kappa shape index (κ2) is 37.0. The molecule has 0 amide bonds. The fourth-order valence-electron chi connectivity index (χ4n) is 5.84. The summed E-state index contributed by atoms with van der Waals surface area (Å²) in [5.74, 6) is -1.51. The largest absolute Gasteiger partial charge is 0.477 e. The Morgan fingerprint density at radius 2 is 1.04 bits per heavy atom. The van der Waals surface area contributed by atoms with Gasteiger partial charge in [0.25, 0.3) is 0 Å². The van der Waals surface area contributed by atoms with Crippen LogP contribution in [0.15, 0.2) is 60.8 Å². The van der Waals surface area contributed by atoms with E-state index < -0.39 is 18.1 Å². The van der Waals surface area contributed by atoms with Gasteiger partial charge in [-0.25, -0.2) is 4.79 Å². The molecular weight excluding hydrogens is 679 g/mol. The van der Waals surface area contributed by atoms with Crippen LogP contribution in [0.2, 0.25) is 0 Å². The molecule has 0 aliphatic carbocycles. The lowest BCUT2D eigenvalue weighted by atomic mass is 10.1. The summed E-state index contributed by atoms with van der Waals surface area (Å²) in [6.07, 6.45) is 44.0. The Morgan fingerprint density at radius 3 is 1.54 bits per heavy atom. The fourth-order valence-corrected chi connectivity index (χ4v) is 5.84. The van der Waals surface area contributed by atoms with Crippen LogP contribution < -0.4 is 0 Å². The Morgan fingerprint density at radius 1 is 0.574 bits per heavy atom. The standard InChI is InChI=1S/C46H79NO7/c1-6-8-10-12-14-16-18-20-22-24-26-28-30-32-34-36-44(48)53-41-42(40-52-39-38-43(46(50)51)47(3,4)5)54-45(49)37-35-33-31-29-27-25-23-21-19-17-15-13-11-9-7-2/h9,11,14-17,20-23,42-43H,6-8,10,12-13,18-19,24-41H2,1-5H3/p+1/b11-9+,16-14+,17-15+,22-20+,23-21+. The molecule has 0 radical (unpaired) electrons. The average molecular weight is 759 g/mol. The number of carbonyl (C=O) groups is 3. The van der Waals surface area contributed by atoms with Crippen molar-refractivity contribution in [3.05, 3.63) is 60.8 Å². The first kappa shape index (κ1) is 51.0. The summed E-state index contributed by atoms with van der Waals surface area (Å²) in [4.78, 5) is 36.9. The van der Waals surface area contributed by atoms with Crippen molar-refractivity contribution in [3.8, 4) is 0 Å². The third kappa shape index (κ3) is 34.8. The monoisotopic (exact) mass is 759 g/mol. The third-order valence-electron chi connectivity index (χ3n) is 9.15. The Kier molecular flexibility index (Phi) is 34.9. The highest BCUT2D eigenvalue weighted by Crippen LogP contribution is 2.13. The van der Waals surface area contributed by atoms with Gasteiger partial charge in [0.1, 0.15) is 6.61 Å². The average Bonchev–Trinajstić information content (AvgIpc) is 3.12. The summed E-state index contributed by atoms with van der Waals surface area (Å²) in [5.41, 5.74) is 0. The number of carboxylic acids is 1. The van der Waals surface area contributed by atoms with Gasteiger partial charge in [-0.05, 0) is 77.0 Å². The molecular formula is C46H80NO7+. The molecule has 0 aliphatic rings. The molecule has 310 valence electrons. The number of quaternary nitrogens is 1. The highest BCUT2D eigenvalue weighted by molar-refractivity contribution is 5.72. The third-order valence-corrected chi connectivity index (χ3v) is 9.15. The molecule has 0 aromatic carbocycles. The Bertz CT molecular complexity index is 1070. The zero-order valence-electron chi connectivity index (χ0n) is 35.2. The molecule has 0 saturated heterocycles. The van der Waals surface area contributed by atoms with Gasteiger partial charge in [-0.15, -0.1) is 0 Å². The van der Waals surface area contributed by atoms with Gasteiger partial charge in [0.05, 0.1) is 34.4 Å². The van der Waals surface area contributed by atoms with Crippen LogP contribution in [0.3, 0.4) is 0 Å². The Labute approximate surface area is 330 Å². The SMILES string of the molecule is CC/C=C/C/C=C/C/C=C/CCCCCCCC(=O)OC(COCCC(C(=O)O)[N+](C)(C)C)COC(=O)CCCCCCC/C=C/C/C=C/CCCCC. The van der Waals surface area contributed by atoms with Crippen molar-refractivity contribution in [2.24, 2.45) is 0 Å². The quantitative estimate of drug-likeness (QED) is 0.0291. The molecule has 0 fully saturated rings. The summed E-state index contributed by atoms with van der Waals surface area (Å²) in [6.45, 7) is 4.55. The van der Waals surface area contributed by atoms with E-state index >= 15 is 0 Å². The van der Waals surface area contributed by atoms with Gasteiger partial charge < -0.3 is 23.8 Å². The van der Waals surface area contributed by atoms with Crippen molar-refractivity contribution in [2.45, 2.75) is 174 Å². The summed E-state index contributed by atoms with van der Waals surface area (Å²) in [6, 6.07) is -0.622. The molecule has 8 heteroatoms. The first-order valence-corrected chi connectivity index (χ1v) is 21.3. The number of unbranched alkanes of at least 4 members (excludes halogenated alkanes) is 13. The molecule has 2 unspecified atom stereocenters. The van der Waals surface area contributed by atoms with Crippen LogP contribution >= 0.6 is 0 Å². The number of likely N-dealkylation sites (N-methyl/N-ethyl adjacent to an activating group) is 1. The van der Waals surface area contributed by atoms with Gasteiger partial charge >= 0.3 is 17.9 Å². The number of hydrogen-bond acceptors (Lipinski definition) is 6. The Hall–Kier alpha value is -2.97. The maximum Gasteiger partial charge on any atom is 0.362 e. The summed E-state index contributed by atoms with van der Waals surface area (Å²) < 4.78 is 17.2. The number of nitrogens with zero attached hydrogens (tertiary/aromatic N) is 1. The van der Waals surface area contributed by atoms with Crippen LogP contribution in [-0.2, 0) is 28.6 Å². The summed E-state index contributed by atoms with van der Waals surface area (Å²) in [7, 11) is 5.51. The molecule has 1 N–H and O–H groups in total. The van der Waals surface area contributed by atoms with Crippen molar-refractivity contribution in [1.82, 2.24) is 0 Å². The zero-order chi connectivity index (χ0) is 40.0. The van der Waals surface area contributed by atoms with E-state index in [0.29, 0.717) is 19.3 Å². The lowest BCUT2D eigenvalue weighted by Crippen LogP contribution is -2.50. The van der Waals surface area contributed by atoms with E-state index in [9.17, 15) is 19.5 Å². The van der Waals surface area contributed by atoms with E-state index in [4.69, 9.17) is 14.2 Å². The predicted molar refractivity (Wildman–Crippen MR) is 224 cm³/mol. The fraction of sp³-hybridized carbons (Fsp3) is 0.717. The second-order valence-electron chi connectivity index (χ2n) is 15.2. The first-order chi connectivity index (χ1) is 26.1. The van der Waals surface area contributed by atoms with Crippen LogP contribution in [0.1, 0.15) is 162 Å². The van der Waals surface area contributed by atoms with Crippen LogP contribution in [0.4, 0.5) is 0 Å². The van der Waals surface area contributed by atoms with Gasteiger partial charge in [-0.2, -0.15) is 0 Å². The first-order valence-electron chi connectivity index (χ1n) is 21.3. The number of hydrogen-bond donors (Lipinski definition) is 1. The minimum Gasteiger partial charge on any atom is -0.477 e. The number of carbonyl (C=O) groups excluding carboxylic acids is 2. The molecule has 0 spiro atoms. The number of aliphatic carboxylic acids is 1. The van der Waals surface area contributed by atoms with Gasteiger partial charge in [0, 0.05) is 19.3 Å². The van der Waals surface area contributed by atoms with E-state index in [1.807, 2.05) is 21.1 Å². The van der Waals surface area contributed by atoms with Crippen molar-refractivity contribution < 1.29 is 38.2 Å². The van der Waals surface area contributed by atoms with Crippen molar-refractivity contribution in [2.75, 3.05) is 41.0 Å². The Balaban J connectivity index is 4.43. The zero-order valence-corrected chi connectivity index (χ0v) is 35.2. The maximum atomic E-state index is 12.7. The lowest BCUT2D eigenvalue weighted by molar-refractivity contribution is -0.887. The minimum atomic E-state index is -0.883. The summed E-state index contributed by atoms with van der Waals surface area (Å²) >= 11 is 0. The molecule has 54 heavy (non-hydrogen) atoms. The molecule has 0 aliphatic heterocycles. The number of esters is 2. The van der Waals surface area contributed by atoms with Crippen LogP contribution in [-0.4, -0.2) is 80.6 Å². The van der Waals surface area contributed by atoms with Crippen LogP contribution in [0, 0.1) is 0 Å². The van der Waals surface area contributed by atoms with Crippen molar-refractivity contribution in [3.63, 3.8) is 0 Å². The number of carboxylic acid groups (broad SMARTS) is 1. The maximum absolute atomic E-state index is 12.7. The molecule has 0 heterocycles. The molecule has 2 atom stereocenters. The number of ether oxygens (including phenoxy) is 3. The molecule has 0 saturated carbocycles. The molecule has 0 rings (SSSR count). The van der Waals surface area contributed by atoms with E-state index in [1.54, 1.807) is 0 Å². The van der Waals surface area contributed by atoms with Crippen molar-refractivity contribution in [1.29, 1.82) is 0 Å². The van der Waals surface area contributed by atoms with E-state index in [2.05, 4.69) is 74.6 Å². The highest BCUT2D eigenvalue weighted by Gasteiger charge is 2.31. The van der Waals surface area contributed by atoms with Gasteiger partial charge in [0.2, 0.25) is 0 Å². The summed E-state index contributed by atoms with van der Waals surface area (Å²) in [5, 5.41) is 9.61. The predicted octanol–water partition coefficient (Wildman–Crippen LogP) is 11.4. The normalized spacial score (nSPS) is 13.6. The highest BCUT2D eigenvalue weighted by atomic mass is 16.6. The van der Waals surface area contributed by atoms with Crippen molar-refractivity contribution >= 4 is 17.9 Å². The van der Waals surface area contributed by atoms with E-state index in [0.717, 1.165) is 103 Å². The van der Waals surface area contributed by atoms with Crippen LogP contribution in [0.25, 0.3) is 0 Å². The topological polar surface area (TPSA) is 99.1 Å².